The minimum atomic E-state index is -1.07. The summed E-state index contributed by atoms with van der Waals surface area (Å²) in [4.78, 5) is 30.4. The van der Waals surface area contributed by atoms with Gasteiger partial charge in [0, 0.05) is 36.1 Å². The number of carboxylic acids is 1. The number of aromatic nitrogens is 4. The van der Waals surface area contributed by atoms with E-state index in [0.29, 0.717) is 29.6 Å². The summed E-state index contributed by atoms with van der Waals surface area (Å²) in [5.74, 6) is -0.157. The summed E-state index contributed by atoms with van der Waals surface area (Å²) < 4.78 is 0. The van der Waals surface area contributed by atoms with Crippen LogP contribution >= 0.6 is 0 Å². The summed E-state index contributed by atoms with van der Waals surface area (Å²) in [6.45, 7) is 2.64. The van der Waals surface area contributed by atoms with Crippen molar-refractivity contribution >= 4 is 34.3 Å². The fraction of sp³-hybridized carbons (Fsp3) is 0.174. The Morgan fingerprint density at radius 3 is 2.53 bits per heavy atom. The Morgan fingerprint density at radius 2 is 1.84 bits per heavy atom. The summed E-state index contributed by atoms with van der Waals surface area (Å²) in [5, 5.41) is 11.2. The molecule has 9 nitrogen and oxygen atoms in total. The summed E-state index contributed by atoms with van der Waals surface area (Å²) in [7, 11) is 0. The highest BCUT2D eigenvalue weighted by molar-refractivity contribution is 5.86. The lowest BCUT2D eigenvalue weighted by molar-refractivity contribution is -0.138. The zero-order valence-corrected chi connectivity index (χ0v) is 17.5. The van der Waals surface area contributed by atoms with E-state index < -0.39 is 12.0 Å². The average Bonchev–Trinajstić information content (AvgIpc) is 2.79. The molecule has 9 heteroatoms. The SMILES string of the molecule is CCN(c1ccc2ccccc2c1)c1nc(N)nc(-c2ccc(CC(N)C(=O)O)nc2)n1. The Kier molecular flexibility index (Phi) is 5.91. The second kappa shape index (κ2) is 8.94. The molecule has 2 heterocycles. The molecule has 0 saturated carbocycles. The number of carboxylic acid groups (broad SMARTS) is 1. The van der Waals surface area contributed by atoms with Crippen LogP contribution < -0.4 is 16.4 Å². The summed E-state index contributed by atoms with van der Waals surface area (Å²) in [6, 6.07) is 16.8. The molecule has 5 N–H and O–H groups in total. The Hall–Kier alpha value is -4.11. The monoisotopic (exact) mass is 429 g/mol. The quantitative estimate of drug-likeness (QED) is 0.404. The zero-order valence-electron chi connectivity index (χ0n) is 17.5. The van der Waals surface area contributed by atoms with Gasteiger partial charge in [-0.2, -0.15) is 15.0 Å². The van der Waals surface area contributed by atoms with Gasteiger partial charge in [-0.15, -0.1) is 0 Å². The van der Waals surface area contributed by atoms with E-state index >= 15 is 0 Å². The Bertz CT molecular complexity index is 1260. The van der Waals surface area contributed by atoms with Gasteiger partial charge in [0.1, 0.15) is 6.04 Å². The van der Waals surface area contributed by atoms with Crippen molar-refractivity contribution in [2.24, 2.45) is 5.73 Å². The highest BCUT2D eigenvalue weighted by atomic mass is 16.4. The van der Waals surface area contributed by atoms with Crippen molar-refractivity contribution in [3.8, 4) is 11.4 Å². The van der Waals surface area contributed by atoms with Gasteiger partial charge in [-0.1, -0.05) is 30.3 Å². The van der Waals surface area contributed by atoms with Crippen LogP contribution in [0, 0.1) is 0 Å². The van der Waals surface area contributed by atoms with E-state index in [1.54, 1.807) is 18.3 Å². The molecular formula is C23H23N7O2. The summed E-state index contributed by atoms with van der Waals surface area (Å²) in [5.41, 5.74) is 13.7. The van der Waals surface area contributed by atoms with Crippen LogP contribution in [0.4, 0.5) is 17.6 Å². The van der Waals surface area contributed by atoms with Crippen molar-refractivity contribution in [1.29, 1.82) is 0 Å². The van der Waals surface area contributed by atoms with Gasteiger partial charge in [-0.3, -0.25) is 9.78 Å². The van der Waals surface area contributed by atoms with E-state index in [1.165, 1.54) is 0 Å². The number of hydrogen-bond donors (Lipinski definition) is 3. The number of nitrogens with two attached hydrogens (primary N) is 2. The van der Waals surface area contributed by atoms with E-state index in [0.717, 1.165) is 16.5 Å². The third-order valence-corrected chi connectivity index (χ3v) is 5.07. The number of nitrogen functional groups attached to an aromatic ring is 1. The number of nitrogens with zero attached hydrogens (tertiary/aromatic N) is 5. The standard InChI is InChI=1S/C23H23N7O2/c1-2-30(18-10-8-14-5-3-4-6-15(14)11-18)23-28-20(27-22(25)29-23)16-7-9-17(26-13-16)12-19(24)21(31)32/h3-11,13,19H,2,12,24H2,1H3,(H,31,32)(H2,25,27,28,29). The first-order valence-corrected chi connectivity index (χ1v) is 10.2. The maximum atomic E-state index is 11.0. The molecule has 32 heavy (non-hydrogen) atoms. The van der Waals surface area contributed by atoms with Gasteiger partial charge in [0.25, 0.3) is 0 Å². The maximum Gasteiger partial charge on any atom is 0.320 e. The first kappa shape index (κ1) is 21.1. The molecule has 0 amide bonds. The highest BCUT2D eigenvalue weighted by Crippen LogP contribution is 2.28. The number of fused-ring (bicyclic) bond motifs is 1. The molecule has 0 spiro atoms. The fourth-order valence-corrected chi connectivity index (χ4v) is 3.40. The maximum absolute atomic E-state index is 11.0. The fourth-order valence-electron chi connectivity index (χ4n) is 3.40. The smallest absolute Gasteiger partial charge is 0.320 e. The van der Waals surface area contributed by atoms with Crippen molar-refractivity contribution in [1.82, 2.24) is 19.9 Å². The van der Waals surface area contributed by atoms with Crippen molar-refractivity contribution in [2.75, 3.05) is 17.2 Å². The van der Waals surface area contributed by atoms with Crippen molar-refractivity contribution < 1.29 is 9.90 Å². The molecule has 0 aliphatic carbocycles. The Balaban J connectivity index is 1.66. The van der Waals surface area contributed by atoms with Crippen LogP contribution in [0.3, 0.4) is 0 Å². The third-order valence-electron chi connectivity index (χ3n) is 5.07. The van der Waals surface area contributed by atoms with Gasteiger partial charge in [0.2, 0.25) is 11.9 Å². The largest absolute Gasteiger partial charge is 0.480 e. The van der Waals surface area contributed by atoms with Gasteiger partial charge in [-0.25, -0.2) is 0 Å². The van der Waals surface area contributed by atoms with Crippen molar-refractivity contribution in [3.63, 3.8) is 0 Å². The second-order valence-corrected chi connectivity index (χ2v) is 7.28. The number of benzene rings is 2. The zero-order chi connectivity index (χ0) is 22.7. The van der Waals surface area contributed by atoms with Crippen LogP contribution in [-0.4, -0.2) is 43.6 Å². The summed E-state index contributed by atoms with van der Waals surface area (Å²) in [6.07, 6.45) is 1.71. The number of carbonyl (C=O) groups is 1. The normalized spacial score (nSPS) is 11.9. The molecule has 1 unspecified atom stereocenters. The van der Waals surface area contributed by atoms with Crippen molar-refractivity contribution in [2.45, 2.75) is 19.4 Å². The molecule has 0 bridgehead atoms. The molecule has 0 aliphatic rings. The van der Waals surface area contributed by atoms with Crippen LogP contribution in [0.5, 0.6) is 0 Å². The number of aliphatic carboxylic acids is 1. The Labute approximate surface area is 184 Å². The molecule has 0 aliphatic heterocycles. The molecule has 2 aromatic heterocycles. The van der Waals surface area contributed by atoms with E-state index in [9.17, 15) is 4.79 Å². The van der Waals surface area contributed by atoms with E-state index in [1.807, 2.05) is 30.0 Å². The molecule has 1 atom stereocenters. The number of rotatable bonds is 7. The molecule has 2 aromatic carbocycles. The van der Waals surface area contributed by atoms with Crippen molar-refractivity contribution in [3.05, 3.63) is 66.5 Å². The average molecular weight is 429 g/mol. The summed E-state index contributed by atoms with van der Waals surface area (Å²) >= 11 is 0. The van der Waals surface area contributed by atoms with E-state index in [2.05, 4.69) is 44.2 Å². The number of hydrogen-bond acceptors (Lipinski definition) is 8. The van der Waals surface area contributed by atoms with Gasteiger partial charge in [0.05, 0.1) is 0 Å². The van der Waals surface area contributed by atoms with Gasteiger partial charge >= 0.3 is 5.97 Å². The molecule has 162 valence electrons. The molecule has 4 aromatic rings. The van der Waals surface area contributed by atoms with Gasteiger partial charge in [0.15, 0.2) is 5.82 Å². The number of anilines is 3. The lowest BCUT2D eigenvalue weighted by atomic mass is 10.1. The molecule has 0 saturated heterocycles. The Morgan fingerprint density at radius 1 is 1.06 bits per heavy atom. The van der Waals surface area contributed by atoms with Crippen LogP contribution in [0.15, 0.2) is 60.8 Å². The van der Waals surface area contributed by atoms with Crippen LogP contribution in [0.2, 0.25) is 0 Å². The van der Waals surface area contributed by atoms with E-state index in [4.69, 9.17) is 16.6 Å². The molecule has 0 fully saturated rings. The molecule has 4 rings (SSSR count). The molecular weight excluding hydrogens is 406 g/mol. The predicted octanol–water partition coefficient (Wildman–Crippen LogP) is 2.78. The van der Waals surface area contributed by atoms with E-state index in [-0.39, 0.29) is 12.4 Å². The lowest BCUT2D eigenvalue weighted by Gasteiger charge is -2.22. The highest BCUT2D eigenvalue weighted by Gasteiger charge is 2.16. The predicted molar refractivity (Wildman–Crippen MR) is 123 cm³/mol. The van der Waals surface area contributed by atoms with Crippen LogP contribution in [0.1, 0.15) is 12.6 Å². The first-order chi connectivity index (χ1) is 15.4. The molecule has 0 radical (unpaired) electrons. The number of pyridine rings is 1. The third kappa shape index (κ3) is 4.47. The van der Waals surface area contributed by atoms with Crippen LogP contribution in [-0.2, 0) is 11.2 Å². The second-order valence-electron chi connectivity index (χ2n) is 7.28. The van der Waals surface area contributed by atoms with Crippen LogP contribution in [0.25, 0.3) is 22.2 Å². The first-order valence-electron chi connectivity index (χ1n) is 10.2. The van der Waals surface area contributed by atoms with Gasteiger partial charge in [-0.05, 0) is 42.0 Å². The lowest BCUT2D eigenvalue weighted by Crippen LogP contribution is -2.32. The van der Waals surface area contributed by atoms with Gasteiger partial charge < -0.3 is 21.5 Å². The minimum Gasteiger partial charge on any atom is -0.480 e. The topological polar surface area (TPSA) is 144 Å². The minimum absolute atomic E-state index is 0.0983.